The lowest BCUT2D eigenvalue weighted by Crippen LogP contribution is -2.19. The number of methoxy groups -OCH3 is 1. The summed E-state index contributed by atoms with van der Waals surface area (Å²) in [6.07, 6.45) is 16.1. The number of aryl methyl sites for hydroxylation is 1. The van der Waals surface area contributed by atoms with E-state index in [9.17, 15) is 4.79 Å². The van der Waals surface area contributed by atoms with E-state index in [4.69, 9.17) is 28.4 Å². The molecule has 53 heavy (non-hydrogen) atoms. The first kappa shape index (κ1) is 46.1. The summed E-state index contributed by atoms with van der Waals surface area (Å²) in [5, 5.41) is 0. The molecule has 7 heteroatoms. The van der Waals surface area contributed by atoms with E-state index >= 15 is 0 Å². The van der Waals surface area contributed by atoms with Crippen molar-refractivity contribution in [2.24, 2.45) is 0 Å². The standard InChI is InChI=1S/C46H76O7/c1-12-17-22-33(6)49-39-29-38(45(43(31-39)48-11)52-36(9)25-20-15-4)27-28-42(47)41-30-40(50-34(7)23-18-13-2)32-44(51-35(8)24-19-14-3)46(41)53-37(10)26-21-16-5/h29-37H,12-28H2,1-11H3. The molecule has 0 fully saturated rings. The summed E-state index contributed by atoms with van der Waals surface area (Å²) >= 11 is 0. The Morgan fingerprint density at radius 3 is 1.36 bits per heavy atom. The average molecular weight is 741 g/mol. The van der Waals surface area contributed by atoms with Gasteiger partial charge in [-0.05, 0) is 85.3 Å². The van der Waals surface area contributed by atoms with Crippen LogP contribution in [0.15, 0.2) is 24.3 Å². The van der Waals surface area contributed by atoms with E-state index in [0.717, 1.165) is 108 Å². The molecule has 0 N–H and O–H groups in total. The lowest BCUT2D eigenvalue weighted by molar-refractivity contribution is 0.0969. The van der Waals surface area contributed by atoms with Crippen LogP contribution in [0.1, 0.15) is 188 Å². The predicted octanol–water partition coefficient (Wildman–Crippen LogP) is 13.3. The maximum absolute atomic E-state index is 14.6. The summed E-state index contributed by atoms with van der Waals surface area (Å²) in [7, 11) is 1.66. The van der Waals surface area contributed by atoms with Gasteiger partial charge < -0.3 is 28.4 Å². The number of hydrogen-bond donors (Lipinski definition) is 0. The third-order valence-electron chi connectivity index (χ3n) is 9.74. The minimum Gasteiger partial charge on any atom is -0.493 e. The molecule has 0 aromatic heterocycles. The van der Waals surface area contributed by atoms with Crippen LogP contribution in [0.25, 0.3) is 0 Å². The highest BCUT2D eigenvalue weighted by Gasteiger charge is 2.25. The molecule has 2 aromatic carbocycles. The number of carbonyl (C=O) groups is 1. The lowest BCUT2D eigenvalue weighted by Gasteiger charge is -2.25. The molecule has 0 saturated carbocycles. The highest BCUT2D eigenvalue weighted by atomic mass is 16.5. The van der Waals surface area contributed by atoms with Crippen molar-refractivity contribution >= 4 is 5.78 Å². The van der Waals surface area contributed by atoms with Crippen molar-refractivity contribution in [2.45, 2.75) is 209 Å². The highest BCUT2D eigenvalue weighted by Crippen LogP contribution is 2.41. The molecule has 0 bridgehead atoms. The second-order valence-electron chi connectivity index (χ2n) is 15.2. The fraction of sp³-hybridized carbons (Fsp3) is 0.717. The number of Topliss-reactive ketones (excluding diaryl/α,β-unsaturated/α-hetero) is 1. The van der Waals surface area contributed by atoms with E-state index in [2.05, 4.69) is 69.2 Å². The highest BCUT2D eigenvalue weighted by molar-refractivity contribution is 6.00. The second kappa shape index (κ2) is 25.8. The van der Waals surface area contributed by atoms with Crippen molar-refractivity contribution in [1.82, 2.24) is 0 Å². The fourth-order valence-electron chi connectivity index (χ4n) is 6.45. The Balaban J connectivity index is 2.63. The molecule has 0 amide bonds. The molecule has 0 saturated heterocycles. The number of rotatable bonds is 30. The predicted molar refractivity (Wildman–Crippen MR) is 220 cm³/mol. The van der Waals surface area contributed by atoms with Gasteiger partial charge in [-0.1, -0.05) is 98.8 Å². The van der Waals surface area contributed by atoms with Crippen LogP contribution in [0, 0.1) is 0 Å². The normalized spacial score (nSPS) is 14.2. The quantitative estimate of drug-likeness (QED) is 0.0738. The van der Waals surface area contributed by atoms with Crippen LogP contribution >= 0.6 is 0 Å². The van der Waals surface area contributed by atoms with Crippen molar-refractivity contribution in [2.75, 3.05) is 7.11 Å². The van der Waals surface area contributed by atoms with Gasteiger partial charge in [0.25, 0.3) is 0 Å². The fourth-order valence-corrected chi connectivity index (χ4v) is 6.45. The van der Waals surface area contributed by atoms with Crippen molar-refractivity contribution in [3.05, 3.63) is 35.4 Å². The van der Waals surface area contributed by atoms with E-state index in [-0.39, 0.29) is 42.7 Å². The van der Waals surface area contributed by atoms with Gasteiger partial charge in [0.2, 0.25) is 0 Å². The van der Waals surface area contributed by atoms with Crippen LogP contribution in [-0.4, -0.2) is 43.4 Å². The Bertz CT molecular complexity index is 1310. The van der Waals surface area contributed by atoms with Crippen LogP contribution in [0.2, 0.25) is 0 Å². The number of carbonyl (C=O) groups excluding carboxylic acids is 1. The Morgan fingerprint density at radius 1 is 0.509 bits per heavy atom. The molecule has 5 unspecified atom stereocenters. The summed E-state index contributed by atoms with van der Waals surface area (Å²) in [6, 6.07) is 7.75. The summed E-state index contributed by atoms with van der Waals surface area (Å²) in [4.78, 5) is 14.6. The molecule has 0 aliphatic heterocycles. The smallest absolute Gasteiger partial charge is 0.172 e. The molecule has 0 aliphatic carbocycles. The minimum atomic E-state index is -0.0811. The molecule has 0 aliphatic rings. The first-order chi connectivity index (χ1) is 25.5. The largest absolute Gasteiger partial charge is 0.493 e. The van der Waals surface area contributed by atoms with Crippen LogP contribution in [-0.2, 0) is 6.42 Å². The van der Waals surface area contributed by atoms with Crippen LogP contribution in [0.3, 0.4) is 0 Å². The lowest BCUT2D eigenvalue weighted by atomic mass is 9.99. The average Bonchev–Trinajstić information content (AvgIpc) is 3.14. The third-order valence-corrected chi connectivity index (χ3v) is 9.74. The van der Waals surface area contributed by atoms with E-state index in [1.807, 2.05) is 24.3 Å². The number of ketones is 1. The minimum absolute atomic E-state index is 0.00263. The summed E-state index contributed by atoms with van der Waals surface area (Å²) in [5.74, 6) is 3.72. The molecule has 0 radical (unpaired) electrons. The van der Waals surface area contributed by atoms with Crippen molar-refractivity contribution in [1.29, 1.82) is 0 Å². The maximum atomic E-state index is 14.6. The van der Waals surface area contributed by atoms with Gasteiger partial charge in [-0.25, -0.2) is 0 Å². The van der Waals surface area contributed by atoms with E-state index in [0.29, 0.717) is 40.7 Å². The van der Waals surface area contributed by atoms with Gasteiger partial charge in [-0.3, -0.25) is 4.79 Å². The molecule has 302 valence electrons. The number of hydrogen-bond acceptors (Lipinski definition) is 7. The van der Waals surface area contributed by atoms with Crippen molar-refractivity contribution < 1.29 is 33.2 Å². The molecule has 0 spiro atoms. The zero-order valence-corrected chi connectivity index (χ0v) is 35.6. The summed E-state index contributed by atoms with van der Waals surface area (Å²) in [5.41, 5.74) is 1.39. The first-order valence-corrected chi connectivity index (χ1v) is 21.2. The van der Waals surface area contributed by atoms with Gasteiger partial charge in [-0.2, -0.15) is 0 Å². The molecular formula is C46H76O7. The zero-order chi connectivity index (χ0) is 39.2. The monoisotopic (exact) mass is 741 g/mol. The third kappa shape index (κ3) is 16.9. The van der Waals surface area contributed by atoms with E-state index < -0.39 is 0 Å². The van der Waals surface area contributed by atoms with Gasteiger partial charge in [0.15, 0.2) is 28.8 Å². The Kier molecular flexibility index (Phi) is 22.5. The number of benzene rings is 2. The number of unbranched alkanes of at least 4 members (excludes halogenated alkanes) is 5. The summed E-state index contributed by atoms with van der Waals surface area (Å²) < 4.78 is 38.6. The maximum Gasteiger partial charge on any atom is 0.172 e. The first-order valence-electron chi connectivity index (χ1n) is 21.2. The van der Waals surface area contributed by atoms with Gasteiger partial charge in [0.1, 0.15) is 11.5 Å². The Labute approximate surface area is 324 Å². The Hall–Kier alpha value is -3.09. The van der Waals surface area contributed by atoms with Gasteiger partial charge in [-0.15, -0.1) is 0 Å². The van der Waals surface area contributed by atoms with E-state index in [1.54, 1.807) is 7.11 Å². The molecule has 7 nitrogen and oxygen atoms in total. The summed E-state index contributed by atoms with van der Waals surface area (Å²) in [6.45, 7) is 21.4. The number of ether oxygens (including phenoxy) is 6. The molecule has 0 heterocycles. The van der Waals surface area contributed by atoms with Crippen LogP contribution < -0.4 is 28.4 Å². The molecule has 2 aromatic rings. The van der Waals surface area contributed by atoms with Gasteiger partial charge >= 0.3 is 0 Å². The second-order valence-corrected chi connectivity index (χ2v) is 15.2. The van der Waals surface area contributed by atoms with Crippen molar-refractivity contribution in [3.63, 3.8) is 0 Å². The van der Waals surface area contributed by atoms with Gasteiger partial charge in [0.05, 0.1) is 43.2 Å². The van der Waals surface area contributed by atoms with Crippen LogP contribution in [0.4, 0.5) is 0 Å². The van der Waals surface area contributed by atoms with Gasteiger partial charge in [0, 0.05) is 24.1 Å². The van der Waals surface area contributed by atoms with E-state index in [1.165, 1.54) is 0 Å². The molecular weight excluding hydrogens is 664 g/mol. The zero-order valence-electron chi connectivity index (χ0n) is 35.6. The Morgan fingerprint density at radius 2 is 0.906 bits per heavy atom. The topological polar surface area (TPSA) is 72.5 Å². The molecule has 2 rings (SSSR count). The SMILES string of the molecule is CCCCC(C)Oc1cc(CCC(=O)c2cc(OC(C)CCCC)cc(OC(C)CCCC)c2OC(C)CCCC)c(OC(C)CCCC)c(OC)c1. The van der Waals surface area contributed by atoms with Crippen molar-refractivity contribution in [3.8, 4) is 34.5 Å². The van der Waals surface area contributed by atoms with Crippen LogP contribution in [0.5, 0.6) is 34.5 Å². The molecule has 5 atom stereocenters.